The second kappa shape index (κ2) is 5.53. The summed E-state index contributed by atoms with van der Waals surface area (Å²) in [6.45, 7) is 0. The van der Waals surface area contributed by atoms with Gasteiger partial charge in [-0.2, -0.15) is 0 Å². The summed E-state index contributed by atoms with van der Waals surface area (Å²) in [7, 11) is 0. The van der Waals surface area contributed by atoms with E-state index in [4.69, 9.17) is 11.6 Å². The van der Waals surface area contributed by atoms with Crippen LogP contribution < -0.4 is 0 Å². The van der Waals surface area contributed by atoms with Crippen LogP contribution in [0.25, 0.3) is 0 Å². The van der Waals surface area contributed by atoms with Gasteiger partial charge in [-0.15, -0.1) is 11.3 Å². The maximum atomic E-state index is 6.12. The molecule has 0 saturated carbocycles. The summed E-state index contributed by atoms with van der Waals surface area (Å²) in [5, 5.41) is 2.81. The van der Waals surface area contributed by atoms with Gasteiger partial charge >= 0.3 is 0 Å². The third-order valence-corrected chi connectivity index (χ3v) is 5.68. The highest BCUT2D eigenvalue weighted by Gasteiger charge is 2.15. The van der Waals surface area contributed by atoms with Gasteiger partial charge in [-0.1, -0.05) is 59.4 Å². The highest BCUT2D eigenvalue weighted by Crippen LogP contribution is 2.40. The predicted molar refractivity (Wildman–Crippen MR) is 81.9 cm³/mol. The molecule has 5 heteroatoms. The lowest BCUT2D eigenvalue weighted by Crippen LogP contribution is -1.90. The molecule has 0 aliphatic heterocycles. The van der Waals surface area contributed by atoms with Gasteiger partial charge in [0.05, 0.1) is 9.85 Å². The lowest BCUT2D eigenvalue weighted by atomic mass is 10.1. The Labute approximate surface area is 128 Å². The molecule has 0 aliphatic rings. The van der Waals surface area contributed by atoms with Crippen molar-refractivity contribution in [3.8, 4) is 0 Å². The molecule has 16 heavy (non-hydrogen) atoms. The van der Waals surface area contributed by atoms with Crippen LogP contribution in [0.1, 0.15) is 15.3 Å². The molecule has 0 bridgehead atoms. The Bertz CT molecular complexity index is 489. The molecule has 1 heterocycles. The quantitative estimate of drug-likeness (QED) is 0.469. The van der Waals surface area contributed by atoms with Crippen molar-refractivity contribution < 1.29 is 0 Å². The Hall–Kier alpha value is 0.650. The average Bonchev–Trinajstić information content (AvgIpc) is 2.62. The zero-order valence-electron chi connectivity index (χ0n) is 7.88. The van der Waals surface area contributed by atoms with Crippen molar-refractivity contribution in [2.75, 3.05) is 0 Å². The van der Waals surface area contributed by atoms with Crippen molar-refractivity contribution in [3.05, 3.63) is 54.1 Å². The van der Waals surface area contributed by atoms with Gasteiger partial charge in [0.15, 0.2) is 0 Å². The lowest BCUT2D eigenvalue weighted by Gasteiger charge is -2.10. The largest absolute Gasteiger partial charge is 0.146 e. The predicted octanol–water partition coefficient (Wildman–Crippen LogP) is 6.41. The molecule has 0 amide bonds. The molecule has 1 aromatic heterocycles. The van der Waals surface area contributed by atoms with Crippen LogP contribution in [0.3, 0.4) is 0 Å². The maximum Gasteiger partial charge on any atom is 0.0753 e. The molecule has 2 aromatic rings. The van der Waals surface area contributed by atoms with Crippen molar-refractivity contribution in [3.63, 3.8) is 0 Å². The number of benzene rings is 1. The first kappa shape index (κ1) is 13.1. The number of hydrogen-bond donors (Lipinski definition) is 0. The molecule has 0 saturated heterocycles. The normalized spacial score (nSPS) is 12.8. The smallest absolute Gasteiger partial charge is 0.0753 e. The fourth-order valence-electron chi connectivity index (χ4n) is 1.36. The van der Waals surface area contributed by atoms with Crippen LogP contribution in [0.5, 0.6) is 0 Å². The van der Waals surface area contributed by atoms with Crippen LogP contribution >= 0.6 is 70.7 Å². The molecule has 1 aromatic carbocycles. The molecular formula is C11H6Br3ClS. The van der Waals surface area contributed by atoms with Gasteiger partial charge in [-0.05, 0) is 35.2 Å². The zero-order valence-corrected chi connectivity index (χ0v) is 14.2. The molecule has 0 aliphatic carbocycles. The van der Waals surface area contributed by atoms with Gasteiger partial charge in [0.25, 0.3) is 0 Å². The van der Waals surface area contributed by atoms with Crippen LogP contribution in [-0.4, -0.2) is 0 Å². The summed E-state index contributed by atoms with van der Waals surface area (Å²) in [6.07, 6.45) is 0. The Morgan fingerprint density at radius 3 is 2.25 bits per heavy atom. The molecule has 84 valence electrons. The Kier molecular flexibility index (Phi) is 4.52. The summed E-state index contributed by atoms with van der Waals surface area (Å²) in [4.78, 5) is 1.26. The van der Waals surface area contributed by atoms with E-state index in [2.05, 4.69) is 59.9 Å². The standard InChI is InChI=1S/C11H6Br3ClS/c12-7-3-6(4-8(13)5-7)10(14)11-9(15)1-2-16-11/h1-5,10H. The molecule has 0 nitrogen and oxygen atoms in total. The number of halogens is 4. The molecule has 1 unspecified atom stereocenters. The van der Waals surface area contributed by atoms with Crippen molar-refractivity contribution in [1.29, 1.82) is 0 Å². The summed E-state index contributed by atoms with van der Waals surface area (Å²) in [6, 6.07) is 8.10. The third-order valence-electron chi connectivity index (χ3n) is 2.05. The van der Waals surface area contributed by atoms with E-state index in [0.717, 1.165) is 18.8 Å². The van der Waals surface area contributed by atoms with E-state index in [-0.39, 0.29) is 4.83 Å². The molecule has 0 radical (unpaired) electrons. The van der Waals surface area contributed by atoms with Crippen molar-refractivity contribution >= 4 is 70.7 Å². The minimum atomic E-state index is 0.133. The van der Waals surface area contributed by atoms with E-state index in [1.165, 1.54) is 5.56 Å². The Morgan fingerprint density at radius 1 is 1.12 bits per heavy atom. The monoisotopic (exact) mass is 442 g/mol. The van der Waals surface area contributed by atoms with Crippen LogP contribution in [0.4, 0.5) is 0 Å². The van der Waals surface area contributed by atoms with Crippen LogP contribution in [0, 0.1) is 0 Å². The Morgan fingerprint density at radius 2 is 1.75 bits per heavy atom. The molecule has 1 atom stereocenters. The van der Waals surface area contributed by atoms with Crippen molar-refractivity contribution in [2.45, 2.75) is 4.83 Å². The molecule has 0 fully saturated rings. The van der Waals surface area contributed by atoms with Gasteiger partial charge in [-0.3, -0.25) is 0 Å². The topological polar surface area (TPSA) is 0 Å². The molecular weight excluding hydrogens is 439 g/mol. The summed E-state index contributed by atoms with van der Waals surface area (Å²) < 4.78 is 2.10. The van der Waals surface area contributed by atoms with Crippen molar-refractivity contribution in [1.82, 2.24) is 0 Å². The molecule has 0 N–H and O–H groups in total. The Balaban J connectivity index is 2.41. The average molecular weight is 445 g/mol. The number of thiophene rings is 1. The number of alkyl halides is 1. The minimum absolute atomic E-state index is 0.133. The fourth-order valence-corrected chi connectivity index (χ4v) is 4.82. The van der Waals surface area contributed by atoms with E-state index in [1.54, 1.807) is 11.3 Å². The fraction of sp³-hybridized carbons (Fsp3) is 0.0909. The summed E-state index contributed by atoms with van der Waals surface area (Å²) in [5.41, 5.74) is 1.17. The zero-order chi connectivity index (χ0) is 11.7. The molecule has 0 spiro atoms. The minimum Gasteiger partial charge on any atom is -0.146 e. The third kappa shape index (κ3) is 2.91. The van der Waals surface area contributed by atoms with E-state index in [1.807, 2.05) is 17.5 Å². The second-order valence-electron chi connectivity index (χ2n) is 3.20. The first-order chi connectivity index (χ1) is 7.58. The first-order valence-electron chi connectivity index (χ1n) is 4.41. The van der Waals surface area contributed by atoms with E-state index in [0.29, 0.717) is 0 Å². The summed E-state index contributed by atoms with van der Waals surface area (Å²) in [5.74, 6) is 0. The van der Waals surface area contributed by atoms with E-state index >= 15 is 0 Å². The maximum absolute atomic E-state index is 6.12. The highest BCUT2D eigenvalue weighted by molar-refractivity contribution is 9.11. The van der Waals surface area contributed by atoms with Crippen LogP contribution in [-0.2, 0) is 0 Å². The van der Waals surface area contributed by atoms with Crippen LogP contribution in [0.2, 0.25) is 5.02 Å². The van der Waals surface area contributed by atoms with Gasteiger partial charge < -0.3 is 0 Å². The summed E-state index contributed by atoms with van der Waals surface area (Å²) >= 11 is 18.4. The number of rotatable bonds is 2. The lowest BCUT2D eigenvalue weighted by molar-refractivity contribution is 1.21. The van der Waals surface area contributed by atoms with E-state index < -0.39 is 0 Å². The van der Waals surface area contributed by atoms with Crippen molar-refractivity contribution in [2.24, 2.45) is 0 Å². The highest BCUT2D eigenvalue weighted by atomic mass is 79.9. The van der Waals surface area contributed by atoms with E-state index in [9.17, 15) is 0 Å². The van der Waals surface area contributed by atoms with Crippen LogP contribution in [0.15, 0.2) is 38.6 Å². The van der Waals surface area contributed by atoms with Gasteiger partial charge in [0.2, 0.25) is 0 Å². The van der Waals surface area contributed by atoms with Gasteiger partial charge in [-0.25, -0.2) is 0 Å². The number of hydrogen-bond acceptors (Lipinski definition) is 1. The van der Waals surface area contributed by atoms with Gasteiger partial charge in [0.1, 0.15) is 0 Å². The van der Waals surface area contributed by atoms with Gasteiger partial charge in [0, 0.05) is 13.8 Å². The second-order valence-corrected chi connectivity index (χ2v) is 7.30. The SMILES string of the molecule is Clc1ccsc1C(Br)c1cc(Br)cc(Br)c1. The molecule has 2 rings (SSSR count). The first-order valence-corrected chi connectivity index (χ1v) is 8.17.